The van der Waals surface area contributed by atoms with Gasteiger partial charge in [0.15, 0.2) is 0 Å². The van der Waals surface area contributed by atoms with Gasteiger partial charge < -0.3 is 4.90 Å². The van der Waals surface area contributed by atoms with Gasteiger partial charge in [0.05, 0.1) is 6.04 Å². The Bertz CT molecular complexity index is 1140. The van der Waals surface area contributed by atoms with Crippen LogP contribution in [-0.2, 0) is 0 Å². The molecular weight excluding hydrogens is 354 g/mol. The molecule has 0 N–H and O–H groups in total. The van der Waals surface area contributed by atoms with E-state index >= 15 is 0 Å². The largest absolute Gasteiger partial charge is 0.340 e. The van der Waals surface area contributed by atoms with Gasteiger partial charge in [-0.15, -0.1) is 0 Å². The fourth-order valence-corrected chi connectivity index (χ4v) is 5.08. The maximum Gasteiger partial charge on any atom is 0.222 e. The van der Waals surface area contributed by atoms with E-state index in [1.807, 2.05) is 77.8 Å². The third-order valence-corrected chi connectivity index (χ3v) is 6.27. The molecule has 0 aliphatic carbocycles. The van der Waals surface area contributed by atoms with Gasteiger partial charge >= 0.3 is 0 Å². The SMILES string of the molecule is N#CC1(C#N)C(c2ccccc2)C(c2ccccc2)C2c3ccccc3C=CN21. The minimum Gasteiger partial charge on any atom is -0.340 e. The highest BCUT2D eigenvalue weighted by Crippen LogP contribution is 2.60. The monoisotopic (exact) mass is 373 g/mol. The molecule has 1 saturated heterocycles. The van der Waals surface area contributed by atoms with Gasteiger partial charge in [0.25, 0.3) is 0 Å². The van der Waals surface area contributed by atoms with E-state index in [0.29, 0.717) is 0 Å². The first-order valence-electron chi connectivity index (χ1n) is 9.78. The Kier molecular flexibility index (Phi) is 3.97. The Morgan fingerprint density at radius 1 is 0.724 bits per heavy atom. The van der Waals surface area contributed by atoms with Crippen LogP contribution in [0.1, 0.15) is 40.1 Å². The zero-order valence-electron chi connectivity index (χ0n) is 15.8. The van der Waals surface area contributed by atoms with Crippen molar-refractivity contribution >= 4 is 6.08 Å². The molecule has 0 saturated carbocycles. The second-order valence-corrected chi connectivity index (χ2v) is 7.61. The molecule has 2 heterocycles. The molecule has 0 spiro atoms. The van der Waals surface area contributed by atoms with Gasteiger partial charge in [-0.05, 0) is 28.3 Å². The van der Waals surface area contributed by atoms with Crippen LogP contribution in [0.3, 0.4) is 0 Å². The molecule has 3 aromatic carbocycles. The molecule has 0 amide bonds. The molecule has 3 atom stereocenters. The summed E-state index contributed by atoms with van der Waals surface area (Å²) in [6.07, 6.45) is 3.96. The van der Waals surface area contributed by atoms with E-state index in [-0.39, 0.29) is 17.9 Å². The van der Waals surface area contributed by atoms with Crippen molar-refractivity contribution in [1.82, 2.24) is 4.90 Å². The minimum absolute atomic E-state index is 0.0241. The lowest BCUT2D eigenvalue weighted by Crippen LogP contribution is -2.43. The minimum atomic E-state index is -1.28. The van der Waals surface area contributed by atoms with Crippen molar-refractivity contribution in [3.8, 4) is 12.1 Å². The van der Waals surface area contributed by atoms with Gasteiger partial charge in [0.1, 0.15) is 12.1 Å². The highest BCUT2D eigenvalue weighted by Gasteiger charge is 2.61. The number of hydrogen-bond donors (Lipinski definition) is 0. The lowest BCUT2D eigenvalue weighted by atomic mass is 9.72. The normalized spacial score (nSPS) is 23.5. The smallest absolute Gasteiger partial charge is 0.222 e. The van der Waals surface area contributed by atoms with E-state index in [2.05, 4.69) is 36.4 Å². The summed E-state index contributed by atoms with van der Waals surface area (Å²) in [4.78, 5) is 1.99. The number of rotatable bonds is 2. The summed E-state index contributed by atoms with van der Waals surface area (Å²) in [5.74, 6) is -0.300. The van der Waals surface area contributed by atoms with E-state index in [1.54, 1.807) is 0 Å². The van der Waals surface area contributed by atoms with Gasteiger partial charge in [0.2, 0.25) is 5.54 Å². The molecule has 1 fully saturated rings. The van der Waals surface area contributed by atoms with Crippen LogP contribution in [0.2, 0.25) is 0 Å². The molecule has 0 aromatic heterocycles. The van der Waals surface area contributed by atoms with Crippen LogP contribution in [0.4, 0.5) is 0 Å². The quantitative estimate of drug-likeness (QED) is 0.606. The summed E-state index contributed by atoms with van der Waals surface area (Å²) >= 11 is 0. The van der Waals surface area contributed by atoms with Crippen molar-refractivity contribution in [3.63, 3.8) is 0 Å². The highest BCUT2D eigenvalue weighted by atomic mass is 15.3. The van der Waals surface area contributed by atoms with Crippen molar-refractivity contribution in [2.45, 2.75) is 23.4 Å². The maximum absolute atomic E-state index is 10.4. The van der Waals surface area contributed by atoms with Crippen LogP contribution in [0.15, 0.2) is 91.1 Å². The van der Waals surface area contributed by atoms with Crippen LogP contribution < -0.4 is 0 Å². The summed E-state index contributed by atoms with van der Waals surface area (Å²) in [5, 5.41) is 20.7. The number of nitriles is 2. The Labute approximate surface area is 170 Å². The molecule has 2 aliphatic rings. The maximum atomic E-state index is 10.4. The van der Waals surface area contributed by atoms with E-state index in [4.69, 9.17) is 0 Å². The van der Waals surface area contributed by atoms with Crippen molar-refractivity contribution < 1.29 is 0 Å². The molecule has 0 radical (unpaired) electrons. The standard InChI is InChI=1S/C26H19N3/c27-17-26(18-28)24(21-12-5-2-6-13-21)23(20-10-3-1-4-11-20)25-22-14-8-7-9-19(22)15-16-29(25)26/h1-16,23-25H. The van der Waals surface area contributed by atoms with Gasteiger partial charge in [-0.2, -0.15) is 10.5 Å². The molecule has 3 aromatic rings. The molecule has 2 aliphatic heterocycles. The van der Waals surface area contributed by atoms with Gasteiger partial charge in [-0.1, -0.05) is 84.9 Å². The van der Waals surface area contributed by atoms with Crippen LogP contribution in [0.25, 0.3) is 6.08 Å². The summed E-state index contributed by atoms with van der Waals surface area (Å²) in [5.41, 5.74) is 3.19. The van der Waals surface area contributed by atoms with Crippen LogP contribution >= 0.6 is 0 Å². The first-order chi connectivity index (χ1) is 14.3. The summed E-state index contributed by atoms with van der Waals surface area (Å²) < 4.78 is 0. The molecular formula is C26H19N3. The summed E-state index contributed by atoms with van der Waals surface area (Å²) in [6, 6.07) is 33.4. The lowest BCUT2D eigenvalue weighted by molar-refractivity contribution is 0.255. The summed E-state index contributed by atoms with van der Waals surface area (Å²) in [7, 11) is 0. The van der Waals surface area contributed by atoms with E-state index in [1.165, 1.54) is 0 Å². The first-order valence-corrected chi connectivity index (χ1v) is 9.78. The number of hydrogen-bond acceptors (Lipinski definition) is 3. The third kappa shape index (κ3) is 2.42. The molecule has 3 heteroatoms. The number of nitrogens with zero attached hydrogens (tertiary/aromatic N) is 3. The predicted molar refractivity (Wildman–Crippen MR) is 112 cm³/mol. The number of fused-ring (bicyclic) bond motifs is 3. The molecule has 0 bridgehead atoms. The van der Waals surface area contributed by atoms with Crippen molar-refractivity contribution in [1.29, 1.82) is 10.5 Å². The zero-order chi connectivity index (χ0) is 19.8. The van der Waals surface area contributed by atoms with Gasteiger partial charge in [-0.25, -0.2) is 0 Å². The van der Waals surface area contributed by atoms with Crippen molar-refractivity contribution in [3.05, 3.63) is 113 Å². The van der Waals surface area contributed by atoms with E-state index < -0.39 is 5.54 Å². The van der Waals surface area contributed by atoms with Crippen molar-refractivity contribution in [2.24, 2.45) is 0 Å². The fraction of sp³-hybridized carbons (Fsp3) is 0.154. The zero-order valence-corrected chi connectivity index (χ0v) is 15.8. The molecule has 3 nitrogen and oxygen atoms in total. The average Bonchev–Trinajstić information content (AvgIpc) is 3.11. The van der Waals surface area contributed by atoms with E-state index in [0.717, 1.165) is 22.3 Å². The van der Waals surface area contributed by atoms with Gasteiger partial charge in [-0.3, -0.25) is 0 Å². The average molecular weight is 373 g/mol. The van der Waals surface area contributed by atoms with Crippen molar-refractivity contribution in [2.75, 3.05) is 0 Å². The highest BCUT2D eigenvalue weighted by molar-refractivity contribution is 5.62. The molecule has 5 rings (SSSR count). The Balaban J connectivity index is 1.82. The topological polar surface area (TPSA) is 50.8 Å². The van der Waals surface area contributed by atoms with Crippen LogP contribution in [-0.4, -0.2) is 10.4 Å². The summed E-state index contributed by atoms with van der Waals surface area (Å²) in [6.45, 7) is 0. The van der Waals surface area contributed by atoms with Crippen LogP contribution in [0, 0.1) is 22.7 Å². The Morgan fingerprint density at radius 3 is 1.97 bits per heavy atom. The fourth-order valence-electron chi connectivity index (χ4n) is 5.08. The third-order valence-electron chi connectivity index (χ3n) is 6.27. The van der Waals surface area contributed by atoms with Crippen LogP contribution in [0.5, 0.6) is 0 Å². The predicted octanol–water partition coefficient (Wildman–Crippen LogP) is 5.38. The van der Waals surface area contributed by atoms with E-state index in [9.17, 15) is 10.5 Å². The number of benzene rings is 3. The molecule has 3 unspecified atom stereocenters. The molecule has 29 heavy (non-hydrogen) atoms. The Hall–Kier alpha value is -3.82. The second-order valence-electron chi connectivity index (χ2n) is 7.61. The lowest BCUT2D eigenvalue weighted by Gasteiger charge is -2.35. The van der Waals surface area contributed by atoms with Gasteiger partial charge in [0, 0.05) is 18.0 Å². The Morgan fingerprint density at radius 2 is 1.31 bits per heavy atom. The second kappa shape index (κ2) is 6.66. The molecule has 138 valence electrons. The first kappa shape index (κ1) is 17.3.